The molecule has 12 nitrogen and oxygen atoms in total. The molecule has 0 aromatic heterocycles. The first-order valence-electron chi connectivity index (χ1n) is 11.6. The number of benzene rings is 4. The predicted molar refractivity (Wildman–Crippen MR) is 144 cm³/mol. The van der Waals surface area contributed by atoms with E-state index >= 15 is 0 Å². The smallest absolute Gasteiger partial charge is 0.337 e. The van der Waals surface area contributed by atoms with Crippen LogP contribution in [0.2, 0.25) is 0 Å². The molecule has 0 unspecified atom stereocenters. The monoisotopic (exact) mass is 610 g/mol. The fourth-order valence-corrected chi connectivity index (χ4v) is 6.90. The summed E-state index contributed by atoms with van der Waals surface area (Å²) < 4.78 is 52.6. The van der Waals surface area contributed by atoms with E-state index in [1.165, 1.54) is 48.5 Å². The normalized spacial score (nSPS) is 11.5. The Morgan fingerprint density at radius 3 is 1.00 bits per heavy atom. The first-order chi connectivity index (χ1) is 19.6. The number of carboxylic acid groups (broad SMARTS) is 4. The second-order valence-corrected chi connectivity index (χ2v) is 12.5. The molecular weight excluding hydrogens is 592 g/mol. The van der Waals surface area contributed by atoms with E-state index in [2.05, 4.69) is 0 Å². The van der Waals surface area contributed by atoms with Crippen LogP contribution < -0.4 is 0 Å². The Hall–Kier alpha value is -5.34. The molecule has 0 saturated heterocycles. The van der Waals surface area contributed by atoms with Crippen LogP contribution >= 0.6 is 0 Å². The molecule has 4 aromatic rings. The highest BCUT2D eigenvalue weighted by Crippen LogP contribution is 2.30. The van der Waals surface area contributed by atoms with Crippen molar-refractivity contribution in [3.8, 4) is 11.1 Å². The van der Waals surface area contributed by atoms with Gasteiger partial charge in [0, 0.05) is 0 Å². The molecule has 4 rings (SSSR count). The second kappa shape index (κ2) is 10.9. The molecule has 214 valence electrons. The molecule has 14 heteroatoms. The second-order valence-electron chi connectivity index (χ2n) is 8.70. The van der Waals surface area contributed by atoms with Gasteiger partial charge in [-0.1, -0.05) is 24.3 Å². The summed E-state index contributed by atoms with van der Waals surface area (Å²) in [6, 6.07) is 15.7. The largest absolute Gasteiger partial charge is 0.478 e. The van der Waals surface area contributed by atoms with Gasteiger partial charge < -0.3 is 20.4 Å². The van der Waals surface area contributed by atoms with Gasteiger partial charge in [-0.05, 0) is 71.8 Å². The van der Waals surface area contributed by atoms with Crippen LogP contribution in [0.1, 0.15) is 41.4 Å². The third-order valence-electron chi connectivity index (χ3n) is 6.16. The van der Waals surface area contributed by atoms with Crippen LogP contribution in [-0.2, 0) is 19.7 Å². The van der Waals surface area contributed by atoms with Gasteiger partial charge in [0.15, 0.2) is 0 Å². The quantitative estimate of drug-likeness (QED) is 0.213. The van der Waals surface area contributed by atoms with Crippen molar-refractivity contribution in [2.75, 3.05) is 0 Å². The zero-order valence-corrected chi connectivity index (χ0v) is 22.6. The fourth-order valence-electron chi connectivity index (χ4n) is 4.04. The zero-order valence-electron chi connectivity index (χ0n) is 21.0. The van der Waals surface area contributed by atoms with Gasteiger partial charge in [0.25, 0.3) is 0 Å². The van der Waals surface area contributed by atoms with Crippen LogP contribution in [0.25, 0.3) is 11.1 Å². The van der Waals surface area contributed by atoms with Gasteiger partial charge in [-0.15, -0.1) is 0 Å². The minimum Gasteiger partial charge on any atom is -0.478 e. The maximum Gasteiger partial charge on any atom is 0.337 e. The van der Waals surface area contributed by atoms with Gasteiger partial charge >= 0.3 is 23.9 Å². The molecule has 42 heavy (non-hydrogen) atoms. The van der Waals surface area contributed by atoms with Gasteiger partial charge in [0.1, 0.15) is 0 Å². The third-order valence-corrected chi connectivity index (χ3v) is 9.81. The minimum atomic E-state index is -4.37. The highest BCUT2D eigenvalue weighted by molar-refractivity contribution is 7.92. The van der Waals surface area contributed by atoms with Gasteiger partial charge in [0.05, 0.1) is 41.8 Å². The summed E-state index contributed by atoms with van der Waals surface area (Å²) in [6.07, 6.45) is 0. The Kier molecular flexibility index (Phi) is 7.70. The molecule has 0 fully saturated rings. The standard InChI is InChI=1S/C28H18O12S2/c29-25(30)17-5-11-23(21(13-17)27(33)34)41(37,38)19-7-1-15(2-8-19)16-3-9-20(10-4-16)42(39,40)24-12-6-18(26(31)32)14-22(24)28(35)36/h1-14H,(H,29,30)(H,31,32)(H,33,34)(H,35,36). The zero-order chi connectivity index (χ0) is 31.0. The molecule has 0 atom stereocenters. The predicted octanol–water partition coefficient (Wildman–Crippen LogP) is 3.81. The molecule has 4 N–H and O–H groups in total. The molecule has 0 heterocycles. The van der Waals surface area contributed by atoms with Crippen molar-refractivity contribution in [3.05, 3.63) is 107 Å². The highest BCUT2D eigenvalue weighted by Gasteiger charge is 2.27. The van der Waals surface area contributed by atoms with Crippen molar-refractivity contribution in [1.82, 2.24) is 0 Å². The lowest BCUT2D eigenvalue weighted by Gasteiger charge is -2.11. The van der Waals surface area contributed by atoms with Gasteiger partial charge in [-0.25, -0.2) is 36.0 Å². The van der Waals surface area contributed by atoms with E-state index in [1.807, 2.05) is 0 Å². The summed E-state index contributed by atoms with van der Waals surface area (Å²) in [5, 5.41) is 37.1. The molecule has 0 amide bonds. The average Bonchev–Trinajstić information content (AvgIpc) is 2.96. The fraction of sp³-hybridized carbons (Fsp3) is 0. The van der Waals surface area contributed by atoms with Crippen LogP contribution in [0.5, 0.6) is 0 Å². The molecule has 0 bridgehead atoms. The van der Waals surface area contributed by atoms with Crippen LogP contribution in [0, 0.1) is 0 Å². The Bertz CT molecular complexity index is 1850. The number of carbonyl (C=O) groups is 4. The average molecular weight is 611 g/mol. The van der Waals surface area contributed by atoms with Crippen molar-refractivity contribution in [3.63, 3.8) is 0 Å². The van der Waals surface area contributed by atoms with Gasteiger partial charge in [0.2, 0.25) is 19.7 Å². The minimum absolute atomic E-state index is 0.276. The SMILES string of the molecule is O=C(O)c1ccc(S(=O)(=O)c2ccc(-c3ccc(S(=O)(=O)c4ccc(C(=O)O)cc4C(=O)O)cc3)cc2)c(C(=O)O)c1. The molecule has 0 saturated carbocycles. The van der Waals surface area contributed by atoms with Crippen molar-refractivity contribution in [2.45, 2.75) is 19.6 Å². The Labute approximate surface area is 237 Å². The molecule has 0 aliphatic heterocycles. The number of carboxylic acids is 4. The maximum absolute atomic E-state index is 13.2. The first-order valence-corrected chi connectivity index (χ1v) is 14.5. The van der Waals surface area contributed by atoms with Crippen LogP contribution in [0.15, 0.2) is 105 Å². The first kappa shape index (κ1) is 29.6. The summed E-state index contributed by atoms with van der Waals surface area (Å²) in [5.74, 6) is -6.11. The lowest BCUT2D eigenvalue weighted by atomic mass is 10.1. The van der Waals surface area contributed by atoms with Crippen LogP contribution in [0.4, 0.5) is 0 Å². The van der Waals surface area contributed by atoms with Crippen LogP contribution in [0.3, 0.4) is 0 Å². The Balaban J connectivity index is 1.66. The number of sulfone groups is 2. The van der Waals surface area contributed by atoms with Crippen LogP contribution in [-0.4, -0.2) is 61.1 Å². The lowest BCUT2D eigenvalue weighted by Crippen LogP contribution is -2.11. The number of hydrogen-bond acceptors (Lipinski definition) is 8. The van der Waals surface area contributed by atoms with E-state index in [9.17, 15) is 46.2 Å². The maximum atomic E-state index is 13.2. The van der Waals surface area contributed by atoms with Crippen molar-refractivity contribution in [1.29, 1.82) is 0 Å². The summed E-state index contributed by atoms with van der Waals surface area (Å²) in [4.78, 5) is 43.9. The van der Waals surface area contributed by atoms with Gasteiger partial charge in [-0.2, -0.15) is 0 Å². The molecule has 4 aromatic carbocycles. The number of aromatic carboxylic acids is 4. The summed E-state index contributed by atoms with van der Waals surface area (Å²) in [6.45, 7) is 0. The highest BCUT2D eigenvalue weighted by atomic mass is 32.2. The molecule has 0 aliphatic rings. The topological polar surface area (TPSA) is 217 Å². The van der Waals surface area contributed by atoms with Gasteiger partial charge in [-0.3, -0.25) is 0 Å². The number of rotatable bonds is 9. The van der Waals surface area contributed by atoms with E-state index in [0.717, 1.165) is 36.4 Å². The Morgan fingerprint density at radius 1 is 0.429 bits per heavy atom. The lowest BCUT2D eigenvalue weighted by molar-refractivity contribution is 0.0673. The molecular formula is C28H18O12S2. The van der Waals surface area contributed by atoms with E-state index < -0.39 is 75.6 Å². The summed E-state index contributed by atoms with van der Waals surface area (Å²) >= 11 is 0. The molecule has 0 spiro atoms. The van der Waals surface area contributed by atoms with Crippen molar-refractivity contribution < 1.29 is 56.4 Å². The number of hydrogen-bond donors (Lipinski definition) is 4. The third kappa shape index (κ3) is 5.48. The van der Waals surface area contributed by atoms with Crippen molar-refractivity contribution in [2.24, 2.45) is 0 Å². The van der Waals surface area contributed by atoms with E-state index in [0.29, 0.717) is 11.1 Å². The van der Waals surface area contributed by atoms with E-state index in [4.69, 9.17) is 10.2 Å². The Morgan fingerprint density at radius 2 is 0.738 bits per heavy atom. The van der Waals surface area contributed by atoms with Crippen molar-refractivity contribution >= 4 is 43.6 Å². The molecule has 0 aliphatic carbocycles. The summed E-state index contributed by atoms with van der Waals surface area (Å²) in [5.41, 5.74) is -1.31. The van der Waals surface area contributed by atoms with E-state index in [-0.39, 0.29) is 9.79 Å². The summed E-state index contributed by atoms with van der Waals surface area (Å²) in [7, 11) is -8.74. The molecule has 0 radical (unpaired) electrons. The van der Waals surface area contributed by atoms with E-state index in [1.54, 1.807) is 0 Å².